The highest BCUT2D eigenvalue weighted by Gasteiger charge is 2.18. The van der Waals surface area contributed by atoms with E-state index in [1.54, 1.807) is 24.6 Å². The topological polar surface area (TPSA) is 148 Å². The van der Waals surface area contributed by atoms with Crippen LogP contribution >= 0.6 is 11.3 Å². The molecule has 126 valence electrons. The summed E-state index contributed by atoms with van der Waals surface area (Å²) in [4.78, 5) is 8.65. The number of hydrogen-bond acceptors (Lipinski definition) is 9. The number of thiazole rings is 1. The maximum absolute atomic E-state index is 9.58. The number of rotatable bonds is 6. The molecule has 0 aliphatic carbocycles. The molecule has 0 unspecified atom stereocenters. The Morgan fingerprint density at radius 3 is 3.04 bits per heavy atom. The van der Waals surface area contributed by atoms with E-state index in [2.05, 4.69) is 26.7 Å². The number of nitrogens with two attached hydrogens (primary N) is 2. The molecular formula is C15H13N7O2S. The SMILES string of the molecule is N#Cc1c(-c2ccoc2)cc(-c2nccs2)nc1OC/C(N)=N/NN. The fourth-order valence-electron chi connectivity index (χ4n) is 2.10. The van der Waals surface area contributed by atoms with Crippen molar-refractivity contribution < 1.29 is 9.15 Å². The van der Waals surface area contributed by atoms with Crippen molar-refractivity contribution in [2.45, 2.75) is 0 Å². The minimum Gasteiger partial charge on any atom is -0.472 e. The standard InChI is InChI=1S/C15H13N7O2S/c16-6-11-10(9-1-3-23-7-9)5-12(15-19-2-4-25-15)20-14(11)24-8-13(17)21-22-18/h1-5,7,22H,8,18H2,(H2,17,21). The highest BCUT2D eigenvalue weighted by molar-refractivity contribution is 7.13. The van der Waals surface area contributed by atoms with Crippen molar-refractivity contribution in [3.8, 4) is 33.8 Å². The van der Waals surface area contributed by atoms with Gasteiger partial charge in [-0.3, -0.25) is 0 Å². The first kappa shape index (κ1) is 16.4. The summed E-state index contributed by atoms with van der Waals surface area (Å²) in [5.41, 5.74) is 9.90. The number of nitrogens with zero attached hydrogens (tertiary/aromatic N) is 4. The summed E-state index contributed by atoms with van der Waals surface area (Å²) in [6.07, 6.45) is 4.74. The molecule has 3 heterocycles. The molecule has 3 aromatic rings. The lowest BCUT2D eigenvalue weighted by Gasteiger charge is -2.11. The van der Waals surface area contributed by atoms with Crippen molar-refractivity contribution in [3.05, 3.63) is 41.8 Å². The van der Waals surface area contributed by atoms with Gasteiger partial charge >= 0.3 is 0 Å². The first-order valence-electron chi connectivity index (χ1n) is 7.01. The number of furan rings is 1. The molecule has 0 aliphatic heterocycles. The highest BCUT2D eigenvalue weighted by Crippen LogP contribution is 2.34. The van der Waals surface area contributed by atoms with Crippen LogP contribution < -0.4 is 21.8 Å². The third-order valence-electron chi connectivity index (χ3n) is 3.15. The Bertz CT molecular complexity index is 914. The molecule has 0 aliphatic rings. The average molecular weight is 355 g/mol. The number of nitrogens with one attached hydrogen (secondary N) is 1. The van der Waals surface area contributed by atoms with E-state index < -0.39 is 0 Å². The van der Waals surface area contributed by atoms with E-state index in [-0.39, 0.29) is 23.9 Å². The largest absolute Gasteiger partial charge is 0.472 e. The average Bonchev–Trinajstić information content (AvgIpc) is 3.32. The second-order valence-electron chi connectivity index (χ2n) is 4.72. The predicted molar refractivity (Wildman–Crippen MR) is 92.2 cm³/mol. The normalized spacial score (nSPS) is 11.1. The Hall–Kier alpha value is -3.42. The molecular weight excluding hydrogens is 342 g/mol. The second kappa shape index (κ2) is 7.43. The molecule has 5 N–H and O–H groups in total. The van der Waals surface area contributed by atoms with Crippen molar-refractivity contribution in [2.24, 2.45) is 16.7 Å². The van der Waals surface area contributed by atoms with Gasteiger partial charge in [0.25, 0.3) is 0 Å². The minimum atomic E-state index is -0.0853. The van der Waals surface area contributed by atoms with Crippen LogP contribution in [0, 0.1) is 11.3 Å². The monoisotopic (exact) mass is 355 g/mol. The molecule has 0 fully saturated rings. The number of amidine groups is 1. The Labute approximate surface area is 146 Å². The van der Waals surface area contributed by atoms with Gasteiger partial charge in [0.2, 0.25) is 5.88 Å². The quantitative estimate of drug-likeness (QED) is 0.260. The van der Waals surface area contributed by atoms with E-state index in [1.807, 2.05) is 5.38 Å². The molecule has 0 bridgehead atoms. The van der Waals surface area contributed by atoms with Gasteiger partial charge in [0, 0.05) is 22.7 Å². The zero-order valence-corrected chi connectivity index (χ0v) is 13.7. The van der Waals surface area contributed by atoms with Gasteiger partial charge in [0.15, 0.2) is 5.84 Å². The van der Waals surface area contributed by atoms with Crippen molar-refractivity contribution in [3.63, 3.8) is 0 Å². The zero-order valence-electron chi connectivity index (χ0n) is 12.8. The van der Waals surface area contributed by atoms with E-state index >= 15 is 0 Å². The Morgan fingerprint density at radius 1 is 1.52 bits per heavy atom. The Balaban J connectivity index is 2.08. The molecule has 0 saturated heterocycles. The molecule has 0 radical (unpaired) electrons. The first-order chi connectivity index (χ1) is 12.2. The van der Waals surface area contributed by atoms with Crippen molar-refractivity contribution in [1.82, 2.24) is 15.5 Å². The number of hydrogen-bond donors (Lipinski definition) is 3. The van der Waals surface area contributed by atoms with Gasteiger partial charge in [-0.1, -0.05) is 0 Å². The molecule has 10 heteroatoms. The van der Waals surface area contributed by atoms with Crippen LogP contribution in [0.5, 0.6) is 5.88 Å². The molecule has 3 aromatic heterocycles. The lowest BCUT2D eigenvalue weighted by atomic mass is 10.0. The summed E-state index contributed by atoms with van der Waals surface area (Å²) >= 11 is 1.43. The van der Waals surface area contributed by atoms with Gasteiger partial charge in [-0.2, -0.15) is 5.26 Å². The second-order valence-corrected chi connectivity index (χ2v) is 5.61. The number of ether oxygens (including phenoxy) is 1. The first-order valence-corrected chi connectivity index (χ1v) is 7.89. The van der Waals surface area contributed by atoms with Crippen LogP contribution in [0.25, 0.3) is 21.8 Å². The summed E-state index contributed by atoms with van der Waals surface area (Å²) in [5.74, 6) is 5.31. The van der Waals surface area contributed by atoms with Gasteiger partial charge in [0.1, 0.15) is 28.9 Å². The molecule has 0 saturated carbocycles. The van der Waals surface area contributed by atoms with E-state index in [4.69, 9.17) is 20.7 Å². The predicted octanol–water partition coefficient (Wildman–Crippen LogP) is 1.45. The fraction of sp³-hybridized carbons (Fsp3) is 0.0667. The summed E-state index contributed by atoms with van der Waals surface area (Å²) in [7, 11) is 0. The van der Waals surface area contributed by atoms with Crippen LogP contribution in [0.4, 0.5) is 0 Å². The minimum absolute atomic E-state index is 0.0853. The smallest absolute Gasteiger partial charge is 0.233 e. The number of nitriles is 1. The molecule has 25 heavy (non-hydrogen) atoms. The lowest BCUT2D eigenvalue weighted by molar-refractivity contribution is 0.358. The van der Waals surface area contributed by atoms with Crippen LogP contribution in [0.3, 0.4) is 0 Å². The fourth-order valence-corrected chi connectivity index (χ4v) is 2.69. The number of aromatic nitrogens is 2. The van der Waals surface area contributed by atoms with E-state index in [1.165, 1.54) is 17.6 Å². The van der Waals surface area contributed by atoms with Crippen LogP contribution in [0.15, 0.2) is 45.8 Å². The summed E-state index contributed by atoms with van der Waals surface area (Å²) in [6, 6.07) is 5.64. The maximum atomic E-state index is 9.58. The Morgan fingerprint density at radius 2 is 2.40 bits per heavy atom. The van der Waals surface area contributed by atoms with Crippen molar-refractivity contribution in [2.75, 3.05) is 6.61 Å². The van der Waals surface area contributed by atoms with Gasteiger partial charge in [-0.25, -0.2) is 21.3 Å². The zero-order chi connectivity index (χ0) is 17.6. The van der Waals surface area contributed by atoms with Crippen LogP contribution in [-0.2, 0) is 0 Å². The van der Waals surface area contributed by atoms with Gasteiger partial charge in [0.05, 0.1) is 12.5 Å². The van der Waals surface area contributed by atoms with Gasteiger partial charge in [-0.05, 0) is 12.1 Å². The van der Waals surface area contributed by atoms with Crippen molar-refractivity contribution in [1.29, 1.82) is 5.26 Å². The molecule has 0 amide bonds. The van der Waals surface area contributed by atoms with E-state index in [0.717, 1.165) is 5.56 Å². The van der Waals surface area contributed by atoms with Gasteiger partial charge < -0.3 is 14.9 Å². The van der Waals surface area contributed by atoms with Crippen LogP contribution in [-0.4, -0.2) is 22.4 Å². The molecule has 0 atom stereocenters. The number of hydrazone groups is 1. The third kappa shape index (κ3) is 3.57. The number of pyridine rings is 1. The summed E-state index contributed by atoms with van der Waals surface area (Å²) < 4.78 is 10.7. The maximum Gasteiger partial charge on any atom is 0.233 e. The van der Waals surface area contributed by atoms with E-state index in [0.29, 0.717) is 16.3 Å². The van der Waals surface area contributed by atoms with Crippen molar-refractivity contribution >= 4 is 17.2 Å². The number of hydrazine groups is 1. The third-order valence-corrected chi connectivity index (χ3v) is 3.94. The molecule has 0 spiro atoms. The molecule has 9 nitrogen and oxygen atoms in total. The molecule has 3 rings (SSSR count). The Kier molecular flexibility index (Phi) is 4.89. The van der Waals surface area contributed by atoms with Crippen LogP contribution in [0.1, 0.15) is 5.56 Å². The van der Waals surface area contributed by atoms with E-state index in [9.17, 15) is 5.26 Å². The van der Waals surface area contributed by atoms with Gasteiger partial charge in [-0.15, -0.1) is 16.4 Å². The molecule has 0 aromatic carbocycles. The summed E-state index contributed by atoms with van der Waals surface area (Å²) in [5, 5.41) is 15.7. The summed E-state index contributed by atoms with van der Waals surface area (Å²) in [6.45, 7) is -0.0853. The van der Waals surface area contributed by atoms with Crippen LogP contribution in [0.2, 0.25) is 0 Å². The lowest BCUT2D eigenvalue weighted by Crippen LogP contribution is -2.27. The highest BCUT2D eigenvalue weighted by atomic mass is 32.1.